The van der Waals surface area contributed by atoms with Gasteiger partial charge in [0.1, 0.15) is 11.6 Å². The van der Waals surface area contributed by atoms with Crippen LogP contribution in [0.15, 0.2) is 72.8 Å². The Labute approximate surface area is 217 Å². The molecular formula is C30H32FN5O. The number of anilines is 3. The van der Waals surface area contributed by atoms with E-state index in [9.17, 15) is 9.18 Å². The van der Waals surface area contributed by atoms with Crippen molar-refractivity contribution < 1.29 is 9.18 Å². The van der Waals surface area contributed by atoms with Crippen LogP contribution in [0.2, 0.25) is 0 Å². The number of amides is 1. The van der Waals surface area contributed by atoms with Gasteiger partial charge in [-0.1, -0.05) is 50.1 Å². The van der Waals surface area contributed by atoms with Crippen molar-refractivity contribution in [1.29, 1.82) is 0 Å². The van der Waals surface area contributed by atoms with E-state index >= 15 is 0 Å². The second-order valence-electron chi connectivity index (χ2n) is 9.10. The molecule has 0 spiro atoms. The molecule has 1 aromatic heterocycles. The number of halogens is 1. The third-order valence-electron chi connectivity index (χ3n) is 5.92. The Kier molecular flexibility index (Phi) is 8.46. The molecule has 0 unspecified atom stereocenters. The maximum atomic E-state index is 13.1. The van der Waals surface area contributed by atoms with Crippen molar-refractivity contribution in [2.45, 2.75) is 32.7 Å². The van der Waals surface area contributed by atoms with Gasteiger partial charge >= 0.3 is 0 Å². The summed E-state index contributed by atoms with van der Waals surface area (Å²) in [5.74, 6) is 0.802. The molecule has 0 radical (unpaired) electrons. The molecule has 190 valence electrons. The van der Waals surface area contributed by atoms with Gasteiger partial charge in [0.25, 0.3) is 5.91 Å². The first-order valence-corrected chi connectivity index (χ1v) is 12.5. The van der Waals surface area contributed by atoms with Crippen molar-refractivity contribution >= 4 is 40.3 Å². The van der Waals surface area contributed by atoms with Gasteiger partial charge in [-0.05, 0) is 66.1 Å². The molecule has 3 aromatic carbocycles. The number of benzene rings is 3. The van der Waals surface area contributed by atoms with E-state index in [1.807, 2.05) is 37.2 Å². The number of nitrogens with zero attached hydrogens (tertiary/aromatic N) is 3. The zero-order chi connectivity index (χ0) is 26.2. The number of aromatic nitrogens is 2. The Bertz CT molecular complexity index is 1380. The van der Waals surface area contributed by atoms with Crippen LogP contribution in [0.25, 0.3) is 17.0 Å². The number of allylic oxidation sites excluding steroid dienone is 1. The highest BCUT2D eigenvalue weighted by atomic mass is 19.1. The molecule has 0 bridgehead atoms. The number of hydrogen-bond donors (Lipinski definition) is 2. The quantitative estimate of drug-likeness (QED) is 0.233. The molecule has 0 aliphatic carbocycles. The molecule has 4 aromatic rings. The first-order valence-electron chi connectivity index (χ1n) is 12.5. The lowest BCUT2D eigenvalue weighted by Crippen LogP contribution is -2.14. The molecule has 7 heteroatoms. The van der Waals surface area contributed by atoms with E-state index in [2.05, 4.69) is 41.8 Å². The van der Waals surface area contributed by atoms with Crippen LogP contribution in [0.5, 0.6) is 0 Å². The Hall–Kier alpha value is -4.26. The van der Waals surface area contributed by atoms with E-state index in [1.54, 1.807) is 12.1 Å². The molecule has 0 saturated carbocycles. The smallest absolute Gasteiger partial charge is 0.255 e. The van der Waals surface area contributed by atoms with Crippen LogP contribution in [0.3, 0.4) is 0 Å². The Morgan fingerprint density at radius 1 is 1.00 bits per heavy atom. The number of hydrogen-bond acceptors (Lipinski definition) is 5. The number of nitrogens with one attached hydrogen (secondary N) is 2. The van der Waals surface area contributed by atoms with Crippen molar-refractivity contribution in [2.75, 3.05) is 29.6 Å². The zero-order valence-corrected chi connectivity index (χ0v) is 21.5. The van der Waals surface area contributed by atoms with Crippen LogP contribution in [-0.2, 0) is 6.54 Å². The van der Waals surface area contributed by atoms with Crippen molar-refractivity contribution in [3.05, 3.63) is 95.3 Å². The van der Waals surface area contributed by atoms with Gasteiger partial charge in [0.15, 0.2) is 0 Å². The van der Waals surface area contributed by atoms with Crippen LogP contribution in [0, 0.1) is 5.82 Å². The molecule has 4 rings (SSSR count). The number of unbranched alkanes of at least 4 members (excludes halogenated alkanes) is 2. The fraction of sp³-hybridized carbons (Fsp3) is 0.233. The molecule has 0 aliphatic rings. The molecule has 1 heterocycles. The van der Waals surface area contributed by atoms with Crippen LogP contribution in [-0.4, -0.2) is 30.0 Å². The average Bonchev–Trinajstić information content (AvgIpc) is 2.91. The maximum Gasteiger partial charge on any atom is 0.255 e. The summed E-state index contributed by atoms with van der Waals surface area (Å²) < 4.78 is 13.1. The Morgan fingerprint density at radius 2 is 1.76 bits per heavy atom. The highest BCUT2D eigenvalue weighted by Crippen LogP contribution is 2.25. The van der Waals surface area contributed by atoms with Crippen molar-refractivity contribution in [2.24, 2.45) is 0 Å². The molecule has 0 fully saturated rings. The van der Waals surface area contributed by atoms with Crippen LogP contribution < -0.4 is 15.5 Å². The van der Waals surface area contributed by atoms with Crippen molar-refractivity contribution in [3.8, 4) is 0 Å². The first-order chi connectivity index (χ1) is 17.9. The van der Waals surface area contributed by atoms with E-state index < -0.39 is 0 Å². The lowest BCUT2D eigenvalue weighted by Gasteiger charge is -2.15. The van der Waals surface area contributed by atoms with Gasteiger partial charge in [0, 0.05) is 37.3 Å². The molecule has 0 aliphatic heterocycles. The largest absolute Gasteiger partial charge is 0.365 e. The van der Waals surface area contributed by atoms with Gasteiger partial charge in [-0.25, -0.2) is 9.37 Å². The molecule has 1 amide bonds. The van der Waals surface area contributed by atoms with Crippen molar-refractivity contribution in [3.63, 3.8) is 0 Å². The number of carbonyl (C=O) groups is 1. The molecule has 0 atom stereocenters. The van der Waals surface area contributed by atoms with Gasteiger partial charge < -0.3 is 15.5 Å². The molecule has 37 heavy (non-hydrogen) atoms. The summed E-state index contributed by atoms with van der Waals surface area (Å²) in [5.41, 5.74) is 4.07. The predicted molar refractivity (Wildman–Crippen MR) is 151 cm³/mol. The predicted octanol–water partition coefficient (Wildman–Crippen LogP) is 6.90. The summed E-state index contributed by atoms with van der Waals surface area (Å²) in [6.45, 7) is 2.73. The Balaban J connectivity index is 1.49. The second kappa shape index (κ2) is 12.1. The summed E-state index contributed by atoms with van der Waals surface area (Å²) in [7, 11) is 3.84. The number of carbonyl (C=O) groups excluding carboxylic acids is 1. The summed E-state index contributed by atoms with van der Waals surface area (Å²) >= 11 is 0. The third kappa shape index (κ3) is 6.91. The Morgan fingerprint density at radius 3 is 2.46 bits per heavy atom. The molecular weight excluding hydrogens is 465 g/mol. The maximum absolute atomic E-state index is 13.1. The van der Waals surface area contributed by atoms with Crippen LogP contribution >= 0.6 is 0 Å². The summed E-state index contributed by atoms with van der Waals surface area (Å²) in [5, 5.41) is 7.19. The second-order valence-corrected chi connectivity index (χ2v) is 9.10. The highest BCUT2D eigenvalue weighted by Gasteiger charge is 2.11. The molecule has 0 saturated heterocycles. The van der Waals surface area contributed by atoms with Gasteiger partial charge in [0.05, 0.1) is 5.52 Å². The monoisotopic (exact) mass is 497 g/mol. The highest BCUT2D eigenvalue weighted by molar-refractivity contribution is 6.04. The van der Waals surface area contributed by atoms with Crippen LogP contribution in [0.1, 0.15) is 47.7 Å². The lowest BCUT2D eigenvalue weighted by molar-refractivity contribution is 0.102. The minimum absolute atomic E-state index is 0.247. The minimum atomic E-state index is -0.344. The summed E-state index contributed by atoms with van der Waals surface area (Å²) in [4.78, 5) is 23.9. The summed E-state index contributed by atoms with van der Waals surface area (Å²) in [6, 6.07) is 19.3. The van der Waals surface area contributed by atoms with Gasteiger partial charge in [-0.2, -0.15) is 4.98 Å². The first kappa shape index (κ1) is 25.8. The zero-order valence-electron chi connectivity index (χ0n) is 21.5. The van der Waals surface area contributed by atoms with Crippen molar-refractivity contribution in [1.82, 2.24) is 9.97 Å². The lowest BCUT2D eigenvalue weighted by atomic mass is 10.1. The van der Waals surface area contributed by atoms with Gasteiger partial charge in [0.2, 0.25) is 5.95 Å². The third-order valence-corrected chi connectivity index (χ3v) is 5.92. The molecule has 6 nitrogen and oxygen atoms in total. The molecule has 2 N–H and O–H groups in total. The van der Waals surface area contributed by atoms with E-state index in [0.717, 1.165) is 34.3 Å². The van der Waals surface area contributed by atoms with E-state index in [0.29, 0.717) is 23.7 Å². The SMILES string of the molecule is CCCCC=Cc1ccc2nc(N(C)C)nc(NCc3ccc(C(=O)Nc4ccc(F)cc4)cc3)c2c1. The number of rotatable bonds is 10. The number of fused-ring (bicyclic) bond motifs is 1. The minimum Gasteiger partial charge on any atom is -0.365 e. The normalized spacial score (nSPS) is 11.1. The van der Waals surface area contributed by atoms with E-state index in [1.165, 1.54) is 37.1 Å². The standard InChI is InChI=1S/C30H32FN5O/c1-4-5-6-7-8-21-11-18-27-26(19-21)28(35-30(34-27)36(2)3)32-20-22-9-12-23(13-10-22)29(37)33-25-16-14-24(31)15-17-25/h7-19H,4-6,20H2,1-3H3,(H,33,37)(H,32,34,35). The average molecular weight is 498 g/mol. The van der Waals surface area contributed by atoms with Crippen LogP contribution in [0.4, 0.5) is 21.8 Å². The van der Waals surface area contributed by atoms with Gasteiger partial charge in [-0.15, -0.1) is 0 Å². The van der Waals surface area contributed by atoms with E-state index in [4.69, 9.17) is 9.97 Å². The van der Waals surface area contributed by atoms with E-state index in [-0.39, 0.29) is 11.7 Å². The van der Waals surface area contributed by atoms with Gasteiger partial charge in [-0.3, -0.25) is 4.79 Å². The fourth-order valence-corrected chi connectivity index (χ4v) is 3.81. The fourth-order valence-electron chi connectivity index (χ4n) is 3.81. The summed E-state index contributed by atoms with van der Waals surface area (Å²) in [6.07, 6.45) is 7.78. The topological polar surface area (TPSA) is 70.2 Å².